The number of aryl methyl sites for hydroxylation is 4. The number of carbonyl (C=O) groups excluding carboxylic acids is 4. The molecule has 0 atom stereocenters. The molecule has 4 amide bonds. The highest BCUT2D eigenvalue weighted by Crippen LogP contribution is 2.32. The third kappa shape index (κ3) is 7.40. The number of nitrogens with one attached hydrogen (secondary N) is 2. The van der Waals surface area contributed by atoms with Crippen LogP contribution in [0.2, 0.25) is 0 Å². The van der Waals surface area contributed by atoms with Crippen LogP contribution in [0.1, 0.15) is 27.8 Å². The minimum Gasteiger partial charge on any atom is -0.484 e. The highest BCUT2D eigenvalue weighted by Gasteiger charge is 2.36. The van der Waals surface area contributed by atoms with E-state index < -0.39 is 17.1 Å². The molecule has 4 rings (SSSR count). The molecule has 40 heavy (non-hydrogen) atoms. The Morgan fingerprint density at radius 1 is 0.900 bits per heavy atom. The number of benzene rings is 3. The van der Waals surface area contributed by atoms with Crippen molar-refractivity contribution in [3.05, 3.63) is 91.8 Å². The SMILES string of the molecule is Cc1cc(C)cc(NC(=O)CN2C(=O)S/C(=C/c3ccc(OCC(=O)Nc4cc(C)c(C)cc4Br)cc3)C2=O)c1. The van der Waals surface area contributed by atoms with Crippen LogP contribution in [0.25, 0.3) is 6.08 Å². The number of anilines is 2. The number of amides is 4. The van der Waals surface area contributed by atoms with Crippen molar-refractivity contribution >= 4 is 68.1 Å². The number of halogens is 1. The van der Waals surface area contributed by atoms with E-state index in [4.69, 9.17) is 4.74 Å². The monoisotopic (exact) mass is 621 g/mol. The van der Waals surface area contributed by atoms with E-state index >= 15 is 0 Å². The molecule has 1 aliphatic heterocycles. The second-order valence-electron chi connectivity index (χ2n) is 9.51. The summed E-state index contributed by atoms with van der Waals surface area (Å²) >= 11 is 4.24. The zero-order valence-corrected chi connectivity index (χ0v) is 24.9. The molecular formula is C30H28BrN3O5S. The fourth-order valence-corrected chi connectivity index (χ4v) is 5.45. The predicted molar refractivity (Wildman–Crippen MR) is 161 cm³/mol. The number of carbonyl (C=O) groups is 4. The normalized spacial score (nSPS) is 14.0. The molecule has 0 aliphatic carbocycles. The van der Waals surface area contributed by atoms with E-state index in [-0.39, 0.29) is 24.0 Å². The molecule has 3 aromatic carbocycles. The van der Waals surface area contributed by atoms with Gasteiger partial charge in [-0.2, -0.15) is 0 Å². The molecule has 1 fully saturated rings. The maximum Gasteiger partial charge on any atom is 0.294 e. The first kappa shape index (κ1) is 29.1. The smallest absolute Gasteiger partial charge is 0.294 e. The molecule has 0 radical (unpaired) electrons. The van der Waals surface area contributed by atoms with Gasteiger partial charge in [-0.1, -0.05) is 18.2 Å². The van der Waals surface area contributed by atoms with Crippen LogP contribution in [0.15, 0.2) is 64.0 Å². The van der Waals surface area contributed by atoms with Gasteiger partial charge in [-0.25, -0.2) is 0 Å². The highest BCUT2D eigenvalue weighted by molar-refractivity contribution is 9.10. The fourth-order valence-electron chi connectivity index (χ4n) is 4.05. The molecule has 0 aromatic heterocycles. The zero-order valence-electron chi connectivity index (χ0n) is 22.5. The third-order valence-corrected chi connectivity index (χ3v) is 7.65. The minimum atomic E-state index is -0.528. The molecule has 0 bridgehead atoms. The average molecular weight is 623 g/mol. The number of nitrogens with zero attached hydrogens (tertiary/aromatic N) is 1. The van der Waals surface area contributed by atoms with Crippen molar-refractivity contribution in [1.29, 1.82) is 0 Å². The molecule has 206 valence electrons. The quantitative estimate of drug-likeness (QED) is 0.283. The van der Waals surface area contributed by atoms with E-state index in [1.807, 2.05) is 58.0 Å². The Hall–Kier alpha value is -3.89. The molecular weight excluding hydrogens is 594 g/mol. The van der Waals surface area contributed by atoms with Crippen LogP contribution in [0.3, 0.4) is 0 Å². The minimum absolute atomic E-state index is 0.179. The van der Waals surface area contributed by atoms with Crippen LogP contribution in [0.5, 0.6) is 5.75 Å². The van der Waals surface area contributed by atoms with E-state index in [0.29, 0.717) is 22.7 Å². The Morgan fingerprint density at radius 3 is 2.23 bits per heavy atom. The fraction of sp³-hybridized carbons (Fsp3) is 0.200. The molecule has 10 heteroatoms. The molecule has 3 aromatic rings. The molecule has 1 aliphatic rings. The summed E-state index contributed by atoms with van der Waals surface area (Å²) in [5.41, 5.74) is 6.12. The number of hydrogen-bond donors (Lipinski definition) is 2. The standard InChI is InChI=1S/C30H28BrN3O5S/c1-17-9-18(2)11-22(10-17)32-27(35)15-34-29(37)26(40-30(34)38)14-21-5-7-23(8-6-21)39-16-28(36)33-25-13-20(4)19(3)12-24(25)31/h5-14H,15-16H2,1-4H3,(H,32,35)(H,33,36)/b26-14+. The number of ether oxygens (including phenoxy) is 1. The van der Waals surface area contributed by atoms with Crippen LogP contribution in [0, 0.1) is 27.7 Å². The van der Waals surface area contributed by atoms with Crippen molar-refractivity contribution in [2.75, 3.05) is 23.8 Å². The molecule has 0 saturated carbocycles. The van der Waals surface area contributed by atoms with Crippen molar-refractivity contribution in [2.24, 2.45) is 0 Å². The highest BCUT2D eigenvalue weighted by atomic mass is 79.9. The second-order valence-corrected chi connectivity index (χ2v) is 11.4. The largest absolute Gasteiger partial charge is 0.484 e. The van der Waals surface area contributed by atoms with Crippen molar-refractivity contribution in [3.63, 3.8) is 0 Å². The van der Waals surface area contributed by atoms with E-state index in [1.165, 1.54) is 0 Å². The van der Waals surface area contributed by atoms with Gasteiger partial charge < -0.3 is 15.4 Å². The van der Waals surface area contributed by atoms with E-state index in [0.717, 1.165) is 43.4 Å². The Balaban J connectivity index is 1.32. The van der Waals surface area contributed by atoms with Gasteiger partial charge in [0.15, 0.2) is 6.61 Å². The van der Waals surface area contributed by atoms with Gasteiger partial charge in [0.2, 0.25) is 5.91 Å². The maximum atomic E-state index is 12.8. The summed E-state index contributed by atoms with van der Waals surface area (Å²) < 4.78 is 6.39. The number of thioether (sulfide) groups is 1. The number of imide groups is 1. The lowest BCUT2D eigenvalue weighted by atomic mass is 10.1. The van der Waals surface area contributed by atoms with E-state index in [9.17, 15) is 19.2 Å². The van der Waals surface area contributed by atoms with Gasteiger partial charge >= 0.3 is 0 Å². The molecule has 0 spiro atoms. The Morgan fingerprint density at radius 2 is 1.55 bits per heavy atom. The van der Waals surface area contributed by atoms with Crippen LogP contribution in [-0.4, -0.2) is 41.0 Å². The van der Waals surface area contributed by atoms with Crippen LogP contribution in [-0.2, 0) is 14.4 Å². The molecule has 1 saturated heterocycles. The molecule has 1 heterocycles. The Kier molecular flexibility index (Phi) is 9.11. The lowest BCUT2D eigenvalue weighted by Gasteiger charge is -2.13. The molecule has 8 nitrogen and oxygen atoms in total. The third-order valence-electron chi connectivity index (χ3n) is 6.09. The lowest BCUT2D eigenvalue weighted by Crippen LogP contribution is -2.36. The van der Waals surface area contributed by atoms with Gasteiger partial charge in [0, 0.05) is 10.2 Å². The lowest BCUT2D eigenvalue weighted by molar-refractivity contribution is -0.127. The van der Waals surface area contributed by atoms with Gasteiger partial charge in [0.1, 0.15) is 12.3 Å². The topological polar surface area (TPSA) is 105 Å². The van der Waals surface area contributed by atoms with Gasteiger partial charge in [0.05, 0.1) is 10.6 Å². The number of hydrogen-bond acceptors (Lipinski definition) is 6. The summed E-state index contributed by atoms with van der Waals surface area (Å²) in [6.45, 7) is 7.26. The van der Waals surface area contributed by atoms with Gasteiger partial charge in [-0.3, -0.25) is 24.1 Å². The van der Waals surface area contributed by atoms with Crippen molar-refractivity contribution in [2.45, 2.75) is 27.7 Å². The first-order valence-corrected chi connectivity index (χ1v) is 14.0. The summed E-state index contributed by atoms with van der Waals surface area (Å²) in [5, 5.41) is 5.07. The number of rotatable bonds is 8. The molecule has 2 N–H and O–H groups in total. The summed E-state index contributed by atoms with van der Waals surface area (Å²) in [6.07, 6.45) is 1.58. The molecule has 0 unspecified atom stereocenters. The van der Waals surface area contributed by atoms with Gasteiger partial charge in [-0.15, -0.1) is 0 Å². The first-order chi connectivity index (χ1) is 19.0. The van der Waals surface area contributed by atoms with Crippen LogP contribution >= 0.6 is 27.7 Å². The summed E-state index contributed by atoms with van der Waals surface area (Å²) in [4.78, 5) is 51.3. The zero-order chi connectivity index (χ0) is 29.0. The first-order valence-electron chi connectivity index (χ1n) is 12.4. The van der Waals surface area contributed by atoms with Gasteiger partial charge in [-0.05, 0) is 126 Å². The summed E-state index contributed by atoms with van der Waals surface area (Å²) in [7, 11) is 0. The van der Waals surface area contributed by atoms with Crippen LogP contribution in [0.4, 0.5) is 16.2 Å². The predicted octanol–water partition coefficient (Wildman–Crippen LogP) is 6.38. The van der Waals surface area contributed by atoms with E-state index in [1.54, 1.807) is 30.3 Å². The summed E-state index contributed by atoms with van der Waals surface area (Å²) in [6, 6.07) is 16.2. The van der Waals surface area contributed by atoms with Crippen molar-refractivity contribution < 1.29 is 23.9 Å². The Labute approximate surface area is 245 Å². The van der Waals surface area contributed by atoms with Crippen molar-refractivity contribution in [3.8, 4) is 5.75 Å². The van der Waals surface area contributed by atoms with Crippen molar-refractivity contribution in [1.82, 2.24) is 4.90 Å². The van der Waals surface area contributed by atoms with Gasteiger partial charge in [0.25, 0.3) is 17.1 Å². The maximum absolute atomic E-state index is 12.8. The Bertz CT molecular complexity index is 1510. The van der Waals surface area contributed by atoms with Crippen LogP contribution < -0.4 is 15.4 Å². The van der Waals surface area contributed by atoms with E-state index in [2.05, 4.69) is 26.6 Å². The summed E-state index contributed by atoms with van der Waals surface area (Å²) in [5.74, 6) is -0.810. The second kappa shape index (κ2) is 12.5. The average Bonchev–Trinajstić information content (AvgIpc) is 3.13.